The third-order valence-corrected chi connectivity index (χ3v) is 6.35. The lowest BCUT2D eigenvalue weighted by atomic mass is 10.0. The van der Waals surface area contributed by atoms with Gasteiger partial charge in [-0.2, -0.15) is 0 Å². The van der Waals surface area contributed by atoms with Crippen molar-refractivity contribution in [2.75, 3.05) is 38.7 Å². The number of carbonyl (C=O) groups excluding carboxylic acids is 2. The predicted molar refractivity (Wildman–Crippen MR) is 117 cm³/mol. The quantitative estimate of drug-likeness (QED) is 0.786. The minimum absolute atomic E-state index is 0.0373. The van der Waals surface area contributed by atoms with E-state index in [1.165, 1.54) is 0 Å². The number of hydrogen-bond acceptors (Lipinski definition) is 7. The van der Waals surface area contributed by atoms with E-state index in [9.17, 15) is 9.59 Å². The zero-order valence-electron chi connectivity index (χ0n) is 18.4. The molecular weight excluding hydrogens is 410 g/mol. The number of benzene rings is 1. The number of aromatic nitrogens is 2. The topological polar surface area (TPSA) is 96.9 Å². The first kappa shape index (κ1) is 20.5. The minimum atomic E-state index is -0.117. The zero-order chi connectivity index (χ0) is 22.2. The van der Waals surface area contributed by atoms with Crippen LogP contribution in [0.4, 0.5) is 5.82 Å². The van der Waals surface area contributed by atoms with Crippen LogP contribution in [0.25, 0.3) is 0 Å². The maximum atomic E-state index is 13.2. The van der Waals surface area contributed by atoms with E-state index < -0.39 is 0 Å². The number of fused-ring (bicyclic) bond motifs is 2. The molecule has 1 aromatic heterocycles. The van der Waals surface area contributed by atoms with E-state index in [0.717, 1.165) is 36.5 Å². The Morgan fingerprint density at radius 1 is 1.12 bits per heavy atom. The van der Waals surface area contributed by atoms with Crippen molar-refractivity contribution in [3.05, 3.63) is 40.8 Å². The van der Waals surface area contributed by atoms with Crippen LogP contribution >= 0.6 is 0 Å². The van der Waals surface area contributed by atoms with Crippen LogP contribution in [-0.4, -0.2) is 64.9 Å². The molecular formula is C23H27N5O4. The lowest BCUT2D eigenvalue weighted by molar-refractivity contribution is -0.129. The Hall–Kier alpha value is -3.36. The Morgan fingerprint density at radius 3 is 2.72 bits per heavy atom. The van der Waals surface area contributed by atoms with Crippen molar-refractivity contribution in [3.63, 3.8) is 0 Å². The molecule has 1 saturated heterocycles. The Balaban J connectivity index is 1.42. The monoisotopic (exact) mass is 437 g/mol. The Labute approximate surface area is 186 Å². The summed E-state index contributed by atoms with van der Waals surface area (Å²) in [5.41, 5.74) is 2.45. The molecule has 9 heteroatoms. The van der Waals surface area contributed by atoms with Gasteiger partial charge in [-0.15, -0.1) is 0 Å². The van der Waals surface area contributed by atoms with E-state index in [4.69, 9.17) is 19.4 Å². The standard InChI is InChI=1S/C23H27N5O4/c1-14(29)28-8-3-4-18(28)22-25-17-13-27(9-7-16(17)21(24-2)26-22)23(30)15-5-6-19-20(12-15)32-11-10-31-19/h5-6,12,18H,3-4,7-11,13H2,1-2H3,(H,24,25,26)/t18-/m1/s1. The number of hydrogen-bond donors (Lipinski definition) is 1. The fourth-order valence-corrected chi connectivity index (χ4v) is 4.75. The van der Waals surface area contributed by atoms with Crippen molar-refractivity contribution in [2.45, 2.75) is 38.8 Å². The second-order valence-corrected chi connectivity index (χ2v) is 8.31. The second-order valence-electron chi connectivity index (χ2n) is 8.31. The highest BCUT2D eigenvalue weighted by atomic mass is 16.6. The highest BCUT2D eigenvalue weighted by Crippen LogP contribution is 2.34. The molecule has 1 N–H and O–H groups in total. The Kier molecular flexibility index (Phi) is 5.32. The van der Waals surface area contributed by atoms with Gasteiger partial charge in [-0.05, 0) is 37.5 Å². The third kappa shape index (κ3) is 3.61. The first-order valence-corrected chi connectivity index (χ1v) is 11.1. The molecule has 2 aromatic rings. The maximum absolute atomic E-state index is 13.2. The first-order valence-electron chi connectivity index (χ1n) is 11.1. The molecule has 4 heterocycles. The number of rotatable bonds is 3. The van der Waals surface area contributed by atoms with Gasteiger partial charge in [0, 0.05) is 38.2 Å². The van der Waals surface area contributed by atoms with Gasteiger partial charge in [0.25, 0.3) is 5.91 Å². The summed E-state index contributed by atoms with van der Waals surface area (Å²) in [5.74, 6) is 2.67. The molecule has 0 saturated carbocycles. The van der Waals surface area contributed by atoms with Gasteiger partial charge >= 0.3 is 0 Å². The number of likely N-dealkylation sites (tertiary alicyclic amines) is 1. The summed E-state index contributed by atoms with van der Waals surface area (Å²) in [6.07, 6.45) is 2.46. The van der Waals surface area contributed by atoms with Crippen LogP contribution in [0.3, 0.4) is 0 Å². The molecule has 32 heavy (non-hydrogen) atoms. The average molecular weight is 438 g/mol. The molecule has 2 amide bonds. The smallest absolute Gasteiger partial charge is 0.254 e. The largest absolute Gasteiger partial charge is 0.486 e. The average Bonchev–Trinajstić information content (AvgIpc) is 3.32. The van der Waals surface area contributed by atoms with Crippen molar-refractivity contribution in [3.8, 4) is 11.5 Å². The zero-order valence-corrected chi connectivity index (χ0v) is 18.4. The van der Waals surface area contributed by atoms with E-state index in [1.807, 2.05) is 11.9 Å². The number of nitrogens with one attached hydrogen (secondary N) is 1. The third-order valence-electron chi connectivity index (χ3n) is 6.35. The molecule has 168 valence electrons. The highest BCUT2D eigenvalue weighted by Gasteiger charge is 2.33. The van der Waals surface area contributed by atoms with E-state index >= 15 is 0 Å². The fraction of sp³-hybridized carbons (Fsp3) is 0.478. The summed E-state index contributed by atoms with van der Waals surface area (Å²) in [7, 11) is 1.84. The maximum Gasteiger partial charge on any atom is 0.254 e. The van der Waals surface area contributed by atoms with E-state index in [0.29, 0.717) is 55.6 Å². The van der Waals surface area contributed by atoms with E-state index in [-0.39, 0.29) is 17.9 Å². The Bertz CT molecular complexity index is 1070. The number of amides is 2. The number of anilines is 1. The van der Waals surface area contributed by atoms with Gasteiger partial charge in [0.2, 0.25) is 5.91 Å². The molecule has 0 radical (unpaired) electrons. The SMILES string of the molecule is CNc1nc([C@H]2CCCN2C(C)=O)nc2c1CCN(C(=O)c1ccc3c(c1)OCCO3)C2. The number of nitrogens with zero attached hydrogens (tertiary/aromatic N) is 4. The summed E-state index contributed by atoms with van der Waals surface area (Å²) >= 11 is 0. The molecule has 9 nitrogen and oxygen atoms in total. The summed E-state index contributed by atoms with van der Waals surface area (Å²) in [4.78, 5) is 38.5. The molecule has 0 spiro atoms. The number of ether oxygens (including phenoxy) is 2. The van der Waals surface area contributed by atoms with Crippen molar-refractivity contribution in [1.82, 2.24) is 19.8 Å². The molecule has 1 atom stereocenters. The molecule has 0 bridgehead atoms. The predicted octanol–water partition coefficient (Wildman–Crippen LogP) is 2.17. The summed E-state index contributed by atoms with van der Waals surface area (Å²) in [5, 5.41) is 3.18. The normalized spacial score (nSPS) is 19.5. The van der Waals surface area contributed by atoms with Gasteiger partial charge in [-0.25, -0.2) is 9.97 Å². The second kappa shape index (κ2) is 8.29. The number of carbonyl (C=O) groups is 2. The van der Waals surface area contributed by atoms with Gasteiger partial charge in [0.05, 0.1) is 18.3 Å². The van der Waals surface area contributed by atoms with Gasteiger partial charge in [-0.1, -0.05) is 0 Å². The van der Waals surface area contributed by atoms with Gasteiger partial charge in [-0.3, -0.25) is 9.59 Å². The van der Waals surface area contributed by atoms with Crippen LogP contribution < -0.4 is 14.8 Å². The summed E-state index contributed by atoms with van der Waals surface area (Å²) in [6.45, 7) is 4.29. The Morgan fingerprint density at radius 2 is 1.94 bits per heavy atom. The van der Waals surface area contributed by atoms with Gasteiger partial charge in [0.15, 0.2) is 17.3 Å². The molecule has 5 rings (SSSR count). The van der Waals surface area contributed by atoms with Crippen LogP contribution in [-0.2, 0) is 17.8 Å². The molecule has 3 aliphatic rings. The lowest BCUT2D eigenvalue weighted by Crippen LogP contribution is -2.37. The first-order chi connectivity index (χ1) is 15.5. The van der Waals surface area contributed by atoms with Gasteiger partial charge in [0.1, 0.15) is 19.0 Å². The van der Waals surface area contributed by atoms with E-state index in [1.54, 1.807) is 30.0 Å². The van der Waals surface area contributed by atoms with Crippen molar-refractivity contribution < 1.29 is 19.1 Å². The molecule has 1 aromatic carbocycles. The lowest BCUT2D eigenvalue weighted by Gasteiger charge is -2.31. The van der Waals surface area contributed by atoms with Crippen molar-refractivity contribution in [1.29, 1.82) is 0 Å². The van der Waals surface area contributed by atoms with Gasteiger partial charge < -0.3 is 24.6 Å². The summed E-state index contributed by atoms with van der Waals surface area (Å²) < 4.78 is 11.2. The minimum Gasteiger partial charge on any atom is -0.486 e. The highest BCUT2D eigenvalue weighted by molar-refractivity contribution is 5.95. The molecule has 3 aliphatic heterocycles. The van der Waals surface area contributed by atoms with Crippen molar-refractivity contribution in [2.24, 2.45) is 0 Å². The fourth-order valence-electron chi connectivity index (χ4n) is 4.75. The molecule has 1 fully saturated rings. The van der Waals surface area contributed by atoms with Crippen LogP contribution in [0, 0.1) is 0 Å². The van der Waals surface area contributed by atoms with Crippen molar-refractivity contribution >= 4 is 17.6 Å². The molecule has 0 unspecified atom stereocenters. The molecule has 0 aliphatic carbocycles. The van der Waals surface area contributed by atoms with Crippen LogP contribution in [0.1, 0.15) is 53.2 Å². The van der Waals surface area contributed by atoms with E-state index in [2.05, 4.69) is 5.32 Å². The van der Waals surface area contributed by atoms with Crippen LogP contribution in [0.2, 0.25) is 0 Å². The van der Waals surface area contributed by atoms with Crippen LogP contribution in [0.5, 0.6) is 11.5 Å². The van der Waals surface area contributed by atoms with Crippen LogP contribution in [0.15, 0.2) is 18.2 Å². The summed E-state index contributed by atoms with van der Waals surface area (Å²) in [6, 6.07) is 5.20.